The fourth-order valence-electron chi connectivity index (χ4n) is 3.47. The molecule has 2 heterocycles. The van der Waals surface area contributed by atoms with Crippen molar-refractivity contribution < 1.29 is 33.0 Å². The molecule has 36 heavy (non-hydrogen) atoms. The van der Waals surface area contributed by atoms with Gasteiger partial charge in [-0.25, -0.2) is 9.36 Å². The van der Waals surface area contributed by atoms with Crippen molar-refractivity contribution in [2.24, 2.45) is 0 Å². The molecule has 198 valence electrons. The van der Waals surface area contributed by atoms with Gasteiger partial charge < -0.3 is 19.1 Å². The molecule has 1 aliphatic rings. The zero-order chi connectivity index (χ0) is 26.7. The Bertz CT molecular complexity index is 1220. The Morgan fingerprint density at radius 2 is 1.94 bits per heavy atom. The number of esters is 1. The van der Waals surface area contributed by atoms with E-state index in [1.54, 1.807) is 51.1 Å². The van der Waals surface area contributed by atoms with Gasteiger partial charge in [-0.05, 0) is 39.8 Å². The van der Waals surface area contributed by atoms with Crippen LogP contribution in [-0.4, -0.2) is 55.9 Å². The van der Waals surface area contributed by atoms with E-state index in [-0.39, 0.29) is 11.9 Å². The summed E-state index contributed by atoms with van der Waals surface area (Å²) >= 11 is 3.40. The number of hydrogen-bond donors (Lipinski definition) is 3. The first-order valence-corrected chi connectivity index (χ1v) is 13.5. The molecule has 1 aliphatic heterocycles. The summed E-state index contributed by atoms with van der Waals surface area (Å²) in [4.78, 5) is 38.1. The lowest BCUT2D eigenvalue weighted by molar-refractivity contribution is -0.149. The van der Waals surface area contributed by atoms with Crippen LogP contribution >= 0.6 is 23.7 Å². The third-order valence-electron chi connectivity index (χ3n) is 5.26. The number of aliphatic hydroxyl groups is 1. The highest BCUT2D eigenvalue weighted by Crippen LogP contribution is 2.48. The lowest BCUT2D eigenvalue weighted by atomic mass is 10.0. The molecule has 0 saturated carbocycles. The minimum absolute atomic E-state index is 0.216. The topological polar surface area (TPSA) is 158 Å². The minimum atomic E-state index is -4.20. The number of nitrogens with zero attached hydrogens (tertiary/aromatic N) is 1. The Labute approximate surface area is 215 Å². The molecule has 0 spiro atoms. The summed E-state index contributed by atoms with van der Waals surface area (Å²) in [6.07, 6.45) is -2.47. The number of aliphatic hydroxyl groups excluding tert-OH is 1. The van der Waals surface area contributed by atoms with Crippen LogP contribution in [0.15, 0.2) is 52.2 Å². The average molecular weight is 590 g/mol. The number of carbonyl (C=O) groups excluding carboxylic acids is 1. The van der Waals surface area contributed by atoms with Crippen LogP contribution in [0, 0.1) is 0 Å². The zero-order valence-electron chi connectivity index (χ0n) is 20.1. The Morgan fingerprint density at radius 3 is 2.56 bits per heavy atom. The first kappa shape index (κ1) is 28.3. The number of halogens is 1. The quantitative estimate of drug-likeness (QED) is 0.213. The maximum absolute atomic E-state index is 13.6. The number of aromatic nitrogens is 2. The van der Waals surface area contributed by atoms with E-state index in [1.165, 1.54) is 13.1 Å². The second-order valence-electron chi connectivity index (χ2n) is 8.67. The van der Waals surface area contributed by atoms with Gasteiger partial charge in [0.15, 0.2) is 6.23 Å². The molecule has 1 aromatic heterocycles. The van der Waals surface area contributed by atoms with Crippen LogP contribution in [0.1, 0.15) is 33.9 Å². The third-order valence-corrected chi connectivity index (χ3v) is 7.76. The van der Waals surface area contributed by atoms with Crippen LogP contribution in [-0.2, 0) is 23.4 Å². The van der Waals surface area contributed by atoms with Crippen molar-refractivity contribution in [2.75, 3.05) is 6.61 Å². The smallest absolute Gasteiger partial charge is 0.459 e. The molecule has 3 rings (SSSR count). The third kappa shape index (κ3) is 6.72. The molecule has 1 fully saturated rings. The highest BCUT2D eigenvalue weighted by atomic mass is 79.9. The highest BCUT2D eigenvalue weighted by Gasteiger charge is 2.53. The van der Waals surface area contributed by atoms with Crippen molar-refractivity contribution in [2.45, 2.75) is 62.6 Å². The van der Waals surface area contributed by atoms with Crippen LogP contribution in [0.5, 0.6) is 5.75 Å². The molecule has 1 saturated heterocycles. The maximum atomic E-state index is 13.6. The monoisotopic (exact) mass is 589 g/mol. The van der Waals surface area contributed by atoms with E-state index in [2.05, 4.69) is 26.0 Å². The van der Waals surface area contributed by atoms with Crippen molar-refractivity contribution in [1.82, 2.24) is 14.6 Å². The second-order valence-corrected chi connectivity index (χ2v) is 12.1. The minimum Gasteiger partial charge on any atom is -0.462 e. The molecule has 14 heteroatoms. The first-order valence-electron chi connectivity index (χ1n) is 11.1. The number of H-pyrrole nitrogens is 1. The predicted molar refractivity (Wildman–Crippen MR) is 133 cm³/mol. The standard InChI is InChI=1S/C22H29BrN3O9P/c1-13(2)33-19(29)14(3)25-36(31,35-15-8-6-5-7-9-15)32-12-16-18(28)22(4,23)20(34-16)26-11-10-17(27)24-21(26)30/h5-11,13-14,16,18,20,28H,12H2,1-4H3,(H,25,31)(H,24,27,30)/t14-,16+,18+,20+,22+,36+/m0/s1. The van der Waals surface area contributed by atoms with Gasteiger partial charge in [-0.15, -0.1) is 0 Å². The average Bonchev–Trinajstić information content (AvgIpc) is 3.01. The van der Waals surface area contributed by atoms with Crippen LogP contribution in [0.2, 0.25) is 0 Å². The summed E-state index contributed by atoms with van der Waals surface area (Å²) in [5, 5.41) is 13.4. The molecule has 0 bridgehead atoms. The number of para-hydroxylation sites is 1. The molecule has 12 nitrogen and oxygen atoms in total. The summed E-state index contributed by atoms with van der Waals surface area (Å²) in [5.41, 5.74) is -1.31. The highest BCUT2D eigenvalue weighted by molar-refractivity contribution is 9.10. The summed E-state index contributed by atoms with van der Waals surface area (Å²) < 4.78 is 35.8. The normalized spacial score (nSPS) is 26.4. The number of hydrogen-bond acceptors (Lipinski definition) is 9. The van der Waals surface area contributed by atoms with Crippen molar-refractivity contribution in [3.05, 3.63) is 63.4 Å². The van der Waals surface area contributed by atoms with Gasteiger partial charge in [0.25, 0.3) is 5.56 Å². The molecule has 3 N–H and O–H groups in total. The number of carbonyl (C=O) groups is 1. The van der Waals surface area contributed by atoms with E-state index in [1.807, 2.05) is 0 Å². The van der Waals surface area contributed by atoms with Gasteiger partial charge >= 0.3 is 19.4 Å². The summed E-state index contributed by atoms with van der Waals surface area (Å²) in [7, 11) is -4.20. The van der Waals surface area contributed by atoms with Gasteiger partial charge in [-0.2, -0.15) is 5.09 Å². The van der Waals surface area contributed by atoms with Crippen molar-refractivity contribution >= 4 is 29.6 Å². The molecule has 0 amide bonds. The zero-order valence-corrected chi connectivity index (χ0v) is 22.6. The molecule has 1 aromatic carbocycles. The molecule has 2 aromatic rings. The number of ether oxygens (including phenoxy) is 2. The van der Waals surface area contributed by atoms with Gasteiger partial charge in [0.1, 0.15) is 24.0 Å². The van der Waals surface area contributed by atoms with Gasteiger partial charge in [0.05, 0.1) is 17.0 Å². The predicted octanol–water partition coefficient (Wildman–Crippen LogP) is 2.08. The Kier molecular flexibility index (Phi) is 8.97. The Balaban J connectivity index is 1.80. The van der Waals surface area contributed by atoms with E-state index < -0.39 is 60.4 Å². The van der Waals surface area contributed by atoms with Gasteiger partial charge in [0, 0.05) is 12.3 Å². The van der Waals surface area contributed by atoms with Crippen LogP contribution in [0.25, 0.3) is 0 Å². The lowest BCUT2D eigenvalue weighted by Crippen LogP contribution is -2.42. The molecule has 6 atom stereocenters. The SMILES string of the molecule is CC(C)OC(=O)[C@H](C)N[P@@](=O)(OC[C@H]1O[C@@H](n2ccc(=O)[nH]c2=O)[C@](C)(Br)[C@@H]1O)Oc1ccccc1. The van der Waals surface area contributed by atoms with Crippen molar-refractivity contribution in [3.63, 3.8) is 0 Å². The van der Waals surface area contributed by atoms with Crippen LogP contribution < -0.4 is 20.9 Å². The first-order chi connectivity index (χ1) is 16.8. The van der Waals surface area contributed by atoms with Gasteiger partial charge in [-0.1, -0.05) is 34.1 Å². The number of benzene rings is 1. The number of nitrogens with one attached hydrogen (secondary N) is 2. The number of aromatic amines is 1. The molecule has 0 radical (unpaired) electrons. The fraction of sp³-hybridized carbons (Fsp3) is 0.500. The second kappa shape index (κ2) is 11.4. The van der Waals surface area contributed by atoms with Gasteiger partial charge in [-0.3, -0.25) is 23.7 Å². The molecular weight excluding hydrogens is 561 g/mol. The van der Waals surface area contributed by atoms with Crippen LogP contribution in [0.4, 0.5) is 0 Å². The lowest BCUT2D eigenvalue weighted by Gasteiger charge is -2.27. The van der Waals surface area contributed by atoms with E-state index in [0.717, 1.165) is 10.6 Å². The summed E-state index contributed by atoms with van der Waals surface area (Å²) in [5.74, 6) is -0.443. The van der Waals surface area contributed by atoms with E-state index >= 15 is 0 Å². The van der Waals surface area contributed by atoms with Crippen molar-refractivity contribution in [1.29, 1.82) is 0 Å². The number of rotatable bonds is 10. The summed E-state index contributed by atoms with van der Waals surface area (Å²) in [6, 6.07) is 8.30. The largest absolute Gasteiger partial charge is 0.462 e. The van der Waals surface area contributed by atoms with E-state index in [9.17, 15) is 24.1 Å². The van der Waals surface area contributed by atoms with E-state index in [0.29, 0.717) is 0 Å². The fourth-order valence-corrected chi connectivity index (χ4v) is 5.59. The Morgan fingerprint density at radius 1 is 1.28 bits per heavy atom. The maximum Gasteiger partial charge on any atom is 0.459 e. The van der Waals surface area contributed by atoms with Crippen molar-refractivity contribution in [3.8, 4) is 5.75 Å². The van der Waals surface area contributed by atoms with E-state index in [4.69, 9.17) is 18.5 Å². The molecule has 0 aliphatic carbocycles. The molecule has 0 unspecified atom stereocenters. The van der Waals surface area contributed by atoms with Gasteiger partial charge in [0.2, 0.25) is 0 Å². The van der Waals surface area contributed by atoms with Crippen LogP contribution in [0.3, 0.4) is 0 Å². The molecular formula is C22H29BrN3O9P. The number of alkyl halides is 1. The Hall–Kier alpha value is -2.28. The summed E-state index contributed by atoms with van der Waals surface area (Å²) in [6.45, 7) is 5.98.